The molecule has 0 atom stereocenters. The van der Waals surface area contributed by atoms with Crippen LogP contribution in [0.4, 0.5) is 0 Å². The van der Waals surface area contributed by atoms with E-state index in [2.05, 4.69) is 23.3 Å². The normalized spacial score (nSPS) is 10.1. The van der Waals surface area contributed by atoms with Gasteiger partial charge in [0, 0.05) is 18.0 Å². The first kappa shape index (κ1) is 17.9. The molecule has 0 unspecified atom stereocenters. The third kappa shape index (κ3) is 5.31. The Hall–Kier alpha value is -2.47. The molecule has 6 heteroatoms. The summed E-state index contributed by atoms with van der Waals surface area (Å²) < 4.78 is 5.07. The molecule has 0 spiro atoms. The van der Waals surface area contributed by atoms with Crippen LogP contribution in [0.1, 0.15) is 15.9 Å². The van der Waals surface area contributed by atoms with Crippen molar-refractivity contribution in [2.45, 2.75) is 11.3 Å². The van der Waals surface area contributed by atoms with Crippen molar-refractivity contribution in [3.05, 3.63) is 59.7 Å². The molecule has 0 aliphatic rings. The Bertz CT molecular complexity index is 702. The lowest BCUT2D eigenvalue weighted by molar-refractivity contribution is -0.120. The summed E-state index contributed by atoms with van der Waals surface area (Å²) in [5, 5.41) is 5.53. The van der Waals surface area contributed by atoms with Gasteiger partial charge in [0.15, 0.2) is 0 Å². The molecule has 5 nitrogen and oxygen atoms in total. The highest BCUT2D eigenvalue weighted by Crippen LogP contribution is 2.12. The Morgan fingerprint density at radius 3 is 2.33 bits per heavy atom. The molecular formula is C18H20N2O3S. The molecule has 2 aromatic carbocycles. The van der Waals surface area contributed by atoms with Crippen LogP contribution in [0.2, 0.25) is 0 Å². The van der Waals surface area contributed by atoms with E-state index < -0.39 is 0 Å². The standard InChI is InChI=1S/C18H20N2O3S/c1-23-14-8-6-13(7-9-14)12-17(21)19-10-11-20-18(22)15-4-2-3-5-16(15)24/h2-9,24H,10-12H2,1H3,(H,19,21)(H,20,22). The molecule has 0 aliphatic carbocycles. The van der Waals surface area contributed by atoms with Crippen molar-refractivity contribution in [1.82, 2.24) is 10.6 Å². The van der Waals surface area contributed by atoms with Crippen molar-refractivity contribution < 1.29 is 14.3 Å². The molecule has 0 aromatic heterocycles. The summed E-state index contributed by atoms with van der Waals surface area (Å²) in [6, 6.07) is 14.4. The van der Waals surface area contributed by atoms with Gasteiger partial charge in [0.1, 0.15) is 5.75 Å². The Balaban J connectivity index is 1.70. The summed E-state index contributed by atoms with van der Waals surface area (Å²) >= 11 is 4.25. The summed E-state index contributed by atoms with van der Waals surface area (Å²) in [5.41, 5.74) is 1.42. The summed E-state index contributed by atoms with van der Waals surface area (Å²) in [6.45, 7) is 0.727. The molecule has 24 heavy (non-hydrogen) atoms. The highest BCUT2D eigenvalue weighted by atomic mass is 32.1. The van der Waals surface area contributed by atoms with Crippen LogP contribution in [0.3, 0.4) is 0 Å². The average molecular weight is 344 g/mol. The maximum absolute atomic E-state index is 12.0. The van der Waals surface area contributed by atoms with E-state index in [1.807, 2.05) is 30.3 Å². The van der Waals surface area contributed by atoms with E-state index in [-0.39, 0.29) is 18.2 Å². The molecule has 0 heterocycles. The number of hydrogen-bond acceptors (Lipinski definition) is 4. The maximum Gasteiger partial charge on any atom is 0.252 e. The molecule has 2 aromatic rings. The number of benzene rings is 2. The molecule has 0 saturated heterocycles. The fourth-order valence-corrected chi connectivity index (χ4v) is 2.39. The summed E-state index contributed by atoms with van der Waals surface area (Å²) in [4.78, 5) is 24.5. The van der Waals surface area contributed by atoms with Crippen LogP contribution in [0.15, 0.2) is 53.4 Å². The third-order valence-electron chi connectivity index (χ3n) is 3.41. The van der Waals surface area contributed by atoms with Crippen LogP contribution in [-0.4, -0.2) is 32.0 Å². The van der Waals surface area contributed by atoms with Crippen LogP contribution in [-0.2, 0) is 11.2 Å². The molecule has 126 valence electrons. The second-order valence-electron chi connectivity index (χ2n) is 5.15. The van der Waals surface area contributed by atoms with E-state index in [9.17, 15) is 9.59 Å². The highest BCUT2D eigenvalue weighted by Gasteiger charge is 2.08. The van der Waals surface area contributed by atoms with Gasteiger partial charge >= 0.3 is 0 Å². The van der Waals surface area contributed by atoms with Gasteiger partial charge in [0.05, 0.1) is 19.1 Å². The molecule has 2 rings (SSSR count). The minimum absolute atomic E-state index is 0.0935. The smallest absolute Gasteiger partial charge is 0.252 e. The third-order valence-corrected chi connectivity index (χ3v) is 3.80. The maximum atomic E-state index is 12.0. The molecule has 0 fully saturated rings. The second-order valence-corrected chi connectivity index (χ2v) is 5.63. The molecule has 0 bridgehead atoms. The van der Waals surface area contributed by atoms with Crippen LogP contribution >= 0.6 is 12.6 Å². The van der Waals surface area contributed by atoms with Gasteiger partial charge in [-0.2, -0.15) is 0 Å². The van der Waals surface area contributed by atoms with Crippen molar-refractivity contribution in [2.75, 3.05) is 20.2 Å². The van der Waals surface area contributed by atoms with E-state index in [0.717, 1.165) is 11.3 Å². The monoisotopic (exact) mass is 344 g/mol. The Labute approximate surface area is 146 Å². The lowest BCUT2D eigenvalue weighted by Gasteiger charge is -2.08. The largest absolute Gasteiger partial charge is 0.497 e. The molecule has 0 radical (unpaired) electrons. The topological polar surface area (TPSA) is 67.4 Å². The van der Waals surface area contributed by atoms with Gasteiger partial charge in [0.25, 0.3) is 5.91 Å². The van der Waals surface area contributed by atoms with Gasteiger partial charge in [-0.05, 0) is 29.8 Å². The number of methoxy groups -OCH3 is 1. The molecular weight excluding hydrogens is 324 g/mol. The van der Waals surface area contributed by atoms with Gasteiger partial charge in [-0.3, -0.25) is 9.59 Å². The lowest BCUT2D eigenvalue weighted by atomic mass is 10.1. The van der Waals surface area contributed by atoms with Gasteiger partial charge in [-0.1, -0.05) is 24.3 Å². The fraction of sp³-hybridized carbons (Fsp3) is 0.222. The lowest BCUT2D eigenvalue weighted by Crippen LogP contribution is -2.35. The van der Waals surface area contributed by atoms with Crippen molar-refractivity contribution in [1.29, 1.82) is 0 Å². The minimum atomic E-state index is -0.204. The first-order valence-electron chi connectivity index (χ1n) is 7.56. The quantitative estimate of drug-likeness (QED) is 0.532. The first-order chi connectivity index (χ1) is 11.6. The van der Waals surface area contributed by atoms with Crippen molar-refractivity contribution in [3.63, 3.8) is 0 Å². The number of nitrogens with one attached hydrogen (secondary N) is 2. The number of carbonyl (C=O) groups is 2. The number of carbonyl (C=O) groups excluding carboxylic acids is 2. The van der Waals surface area contributed by atoms with Crippen LogP contribution in [0, 0.1) is 0 Å². The Morgan fingerprint density at radius 1 is 1.00 bits per heavy atom. The first-order valence-corrected chi connectivity index (χ1v) is 8.00. The summed E-state index contributed by atoms with van der Waals surface area (Å²) in [6.07, 6.45) is 0.289. The zero-order valence-electron chi connectivity index (χ0n) is 13.4. The SMILES string of the molecule is COc1ccc(CC(=O)NCCNC(=O)c2ccccc2S)cc1. The van der Waals surface area contributed by atoms with Crippen molar-refractivity contribution >= 4 is 24.4 Å². The number of amides is 2. The van der Waals surface area contributed by atoms with E-state index in [1.165, 1.54) is 0 Å². The summed E-state index contributed by atoms with van der Waals surface area (Å²) in [5.74, 6) is 0.459. The second kappa shape index (κ2) is 8.98. The van der Waals surface area contributed by atoms with Crippen molar-refractivity contribution in [3.8, 4) is 5.75 Å². The van der Waals surface area contributed by atoms with Crippen LogP contribution in [0.5, 0.6) is 5.75 Å². The molecule has 2 N–H and O–H groups in total. The number of thiol groups is 1. The number of ether oxygens (including phenoxy) is 1. The molecule has 0 aliphatic heterocycles. The zero-order chi connectivity index (χ0) is 17.4. The molecule has 2 amide bonds. The van der Waals surface area contributed by atoms with E-state index >= 15 is 0 Å². The summed E-state index contributed by atoms with van der Waals surface area (Å²) in [7, 11) is 1.60. The van der Waals surface area contributed by atoms with Crippen LogP contribution in [0.25, 0.3) is 0 Å². The Kier molecular flexibility index (Phi) is 6.69. The number of rotatable bonds is 7. The van der Waals surface area contributed by atoms with E-state index in [4.69, 9.17) is 4.74 Å². The average Bonchev–Trinajstić information content (AvgIpc) is 2.59. The van der Waals surface area contributed by atoms with E-state index in [0.29, 0.717) is 23.5 Å². The Morgan fingerprint density at radius 2 is 1.67 bits per heavy atom. The number of hydrogen-bond donors (Lipinski definition) is 3. The van der Waals surface area contributed by atoms with E-state index in [1.54, 1.807) is 25.3 Å². The van der Waals surface area contributed by atoms with Gasteiger partial charge in [-0.15, -0.1) is 12.6 Å². The predicted molar refractivity (Wildman–Crippen MR) is 95.7 cm³/mol. The zero-order valence-corrected chi connectivity index (χ0v) is 14.3. The molecule has 0 saturated carbocycles. The van der Waals surface area contributed by atoms with Gasteiger partial charge in [-0.25, -0.2) is 0 Å². The van der Waals surface area contributed by atoms with Crippen LogP contribution < -0.4 is 15.4 Å². The minimum Gasteiger partial charge on any atom is -0.497 e. The fourth-order valence-electron chi connectivity index (χ4n) is 2.13. The highest BCUT2D eigenvalue weighted by molar-refractivity contribution is 7.80. The van der Waals surface area contributed by atoms with Gasteiger partial charge < -0.3 is 15.4 Å². The predicted octanol–water partition coefficient (Wildman–Crippen LogP) is 2.07. The van der Waals surface area contributed by atoms with Crippen molar-refractivity contribution in [2.24, 2.45) is 0 Å². The van der Waals surface area contributed by atoms with Gasteiger partial charge in [0.2, 0.25) is 5.91 Å².